The summed E-state index contributed by atoms with van der Waals surface area (Å²) < 4.78 is 48.6. The number of hydrogen-bond donors (Lipinski definition) is 1. The summed E-state index contributed by atoms with van der Waals surface area (Å²) in [5.41, 5.74) is 2.77. The molecule has 5 heterocycles. The van der Waals surface area contributed by atoms with Crippen molar-refractivity contribution in [2.45, 2.75) is 58.3 Å². The molecule has 0 spiro atoms. The monoisotopic (exact) mass is 588 g/mol. The van der Waals surface area contributed by atoms with Gasteiger partial charge in [0, 0.05) is 38.9 Å². The SMILES string of the molecule is Cc1nc(C)n(CC(=O)N2CCN(c3sc(C(F)(F)F)nc3-c3nc4ccc(C5CCOCC5)cc4[nH]3)C[C@H]2C)n1. The number of aryl methyl sites for hydroxylation is 2. The zero-order valence-electron chi connectivity index (χ0n) is 23.0. The maximum Gasteiger partial charge on any atom is 0.443 e. The number of alkyl halides is 3. The van der Waals surface area contributed by atoms with E-state index in [2.05, 4.69) is 25.0 Å². The van der Waals surface area contributed by atoms with Crippen LogP contribution >= 0.6 is 11.3 Å². The van der Waals surface area contributed by atoms with Crippen LogP contribution in [0.1, 0.15) is 47.9 Å². The molecule has 0 radical (unpaired) electrons. The number of amides is 1. The fourth-order valence-corrected chi connectivity index (χ4v) is 6.64. The van der Waals surface area contributed by atoms with E-state index < -0.39 is 11.2 Å². The number of hydrogen-bond acceptors (Lipinski definition) is 8. The van der Waals surface area contributed by atoms with Gasteiger partial charge in [-0.15, -0.1) is 0 Å². The Balaban J connectivity index is 1.26. The lowest BCUT2D eigenvalue weighted by molar-refractivity contribution is -0.137. The molecule has 1 amide bonds. The number of rotatable bonds is 5. The molecule has 10 nitrogen and oxygen atoms in total. The van der Waals surface area contributed by atoms with E-state index in [4.69, 9.17) is 4.74 Å². The number of aromatic nitrogens is 6. The minimum Gasteiger partial charge on any atom is -0.381 e. The molecule has 218 valence electrons. The van der Waals surface area contributed by atoms with Gasteiger partial charge in [-0.2, -0.15) is 18.3 Å². The molecule has 2 fully saturated rings. The Hall–Kier alpha value is -3.52. The average molecular weight is 589 g/mol. The summed E-state index contributed by atoms with van der Waals surface area (Å²) in [5.74, 6) is 1.82. The number of nitrogens with one attached hydrogen (secondary N) is 1. The average Bonchev–Trinajstić information content (AvgIpc) is 3.64. The number of fused-ring (bicyclic) bond motifs is 1. The van der Waals surface area contributed by atoms with Gasteiger partial charge in [-0.25, -0.2) is 19.6 Å². The Labute approximate surface area is 238 Å². The van der Waals surface area contributed by atoms with E-state index >= 15 is 0 Å². The van der Waals surface area contributed by atoms with Crippen LogP contribution in [0.25, 0.3) is 22.6 Å². The van der Waals surface area contributed by atoms with Gasteiger partial charge in [0.05, 0.1) is 11.0 Å². The van der Waals surface area contributed by atoms with Gasteiger partial charge in [0.2, 0.25) is 10.9 Å². The normalized spacial score (nSPS) is 18.9. The first-order valence-corrected chi connectivity index (χ1v) is 14.5. The number of carbonyl (C=O) groups excluding carboxylic acids is 1. The fourth-order valence-electron chi connectivity index (χ4n) is 5.67. The highest BCUT2D eigenvalue weighted by atomic mass is 32.1. The summed E-state index contributed by atoms with van der Waals surface area (Å²) in [4.78, 5) is 32.8. The van der Waals surface area contributed by atoms with Gasteiger partial charge in [0.1, 0.15) is 28.9 Å². The topological polar surface area (TPSA) is 105 Å². The zero-order valence-corrected chi connectivity index (χ0v) is 23.8. The summed E-state index contributed by atoms with van der Waals surface area (Å²) in [5, 5.41) is 3.74. The molecule has 2 aliphatic heterocycles. The number of piperazine rings is 1. The number of nitrogens with zero attached hydrogens (tertiary/aromatic N) is 7. The van der Waals surface area contributed by atoms with Crippen LogP contribution in [-0.4, -0.2) is 79.4 Å². The first-order valence-electron chi connectivity index (χ1n) is 13.6. The Bertz CT molecular complexity index is 1570. The van der Waals surface area contributed by atoms with Gasteiger partial charge >= 0.3 is 6.18 Å². The lowest BCUT2D eigenvalue weighted by atomic mass is 9.91. The molecule has 14 heteroatoms. The highest BCUT2D eigenvalue weighted by Crippen LogP contribution is 2.43. The molecular formula is C27H31F3N8O2S. The van der Waals surface area contributed by atoms with Crippen LogP contribution in [0, 0.1) is 13.8 Å². The second-order valence-electron chi connectivity index (χ2n) is 10.7. The molecule has 1 aromatic carbocycles. The molecule has 0 saturated carbocycles. The van der Waals surface area contributed by atoms with E-state index in [1.165, 1.54) is 0 Å². The number of H-pyrrole nitrogens is 1. The van der Waals surface area contributed by atoms with Gasteiger partial charge in [-0.3, -0.25) is 4.79 Å². The van der Waals surface area contributed by atoms with Gasteiger partial charge in [0.25, 0.3) is 0 Å². The summed E-state index contributed by atoms with van der Waals surface area (Å²) in [7, 11) is 0. The minimum absolute atomic E-state index is 0.0654. The van der Waals surface area contributed by atoms with Crippen LogP contribution in [0.4, 0.5) is 18.2 Å². The second kappa shape index (κ2) is 10.7. The number of halogens is 3. The van der Waals surface area contributed by atoms with Crippen molar-refractivity contribution in [3.63, 3.8) is 0 Å². The van der Waals surface area contributed by atoms with Crippen molar-refractivity contribution >= 4 is 33.3 Å². The van der Waals surface area contributed by atoms with Gasteiger partial charge in [0.15, 0.2) is 5.82 Å². The number of anilines is 1. The van der Waals surface area contributed by atoms with Crippen LogP contribution in [0.15, 0.2) is 18.2 Å². The zero-order chi connectivity index (χ0) is 28.9. The fraction of sp³-hybridized carbons (Fsp3) is 0.519. The standard InChI is InChI=1S/C27H31F3N8O2S/c1-15-13-36(8-9-37(15)22(39)14-38-17(3)31-16(2)35-38)25-23(34-26(41-25)27(28,29)30)24-32-20-5-4-19(12-21(20)33-24)18-6-10-40-11-7-18/h4-5,12,15,18H,6-11,13-14H2,1-3H3,(H,32,33)/t15-/m1/s1. The number of thiazole rings is 1. The molecule has 0 aliphatic carbocycles. The molecule has 41 heavy (non-hydrogen) atoms. The summed E-state index contributed by atoms with van der Waals surface area (Å²) >= 11 is 0.613. The van der Waals surface area contributed by atoms with Crippen LogP contribution in [0.5, 0.6) is 0 Å². The third-order valence-corrected chi connectivity index (χ3v) is 8.92. The molecule has 1 atom stereocenters. The number of benzene rings is 1. The number of carbonyl (C=O) groups is 1. The maximum absolute atomic E-state index is 13.8. The Morgan fingerprint density at radius 3 is 2.61 bits per heavy atom. The van der Waals surface area contributed by atoms with Crippen molar-refractivity contribution in [3.05, 3.63) is 40.4 Å². The summed E-state index contributed by atoms with van der Waals surface area (Å²) in [6.07, 6.45) is -2.72. The smallest absolute Gasteiger partial charge is 0.381 e. The molecular weight excluding hydrogens is 557 g/mol. The van der Waals surface area contributed by atoms with E-state index in [1.54, 1.807) is 23.4 Å². The van der Waals surface area contributed by atoms with Crippen molar-refractivity contribution in [1.82, 2.24) is 34.6 Å². The largest absolute Gasteiger partial charge is 0.443 e. The molecule has 1 N–H and O–H groups in total. The van der Waals surface area contributed by atoms with Crippen molar-refractivity contribution in [1.29, 1.82) is 0 Å². The molecule has 2 aliphatic rings. The van der Waals surface area contributed by atoms with E-state index in [0.29, 0.717) is 64.9 Å². The number of imidazole rings is 1. The molecule has 0 unspecified atom stereocenters. The third kappa shape index (κ3) is 5.54. The highest BCUT2D eigenvalue weighted by molar-refractivity contribution is 7.16. The van der Waals surface area contributed by atoms with Crippen molar-refractivity contribution in [2.24, 2.45) is 0 Å². The molecule has 0 bridgehead atoms. The van der Waals surface area contributed by atoms with Crippen molar-refractivity contribution in [2.75, 3.05) is 37.7 Å². The molecule has 2 saturated heterocycles. The predicted molar refractivity (Wildman–Crippen MR) is 148 cm³/mol. The lowest BCUT2D eigenvalue weighted by Gasteiger charge is -2.40. The minimum atomic E-state index is -4.59. The highest BCUT2D eigenvalue weighted by Gasteiger charge is 2.39. The summed E-state index contributed by atoms with van der Waals surface area (Å²) in [6.45, 7) is 8.05. The van der Waals surface area contributed by atoms with E-state index in [0.717, 1.165) is 37.1 Å². The second-order valence-corrected chi connectivity index (χ2v) is 11.6. The van der Waals surface area contributed by atoms with Gasteiger partial charge < -0.3 is 19.5 Å². The molecule has 4 aromatic rings. The van der Waals surface area contributed by atoms with Crippen LogP contribution in [0.2, 0.25) is 0 Å². The Morgan fingerprint density at radius 2 is 1.93 bits per heavy atom. The Kier molecular flexibility index (Phi) is 7.22. The van der Waals surface area contributed by atoms with Gasteiger partial charge in [-0.05, 0) is 57.2 Å². The van der Waals surface area contributed by atoms with E-state index in [9.17, 15) is 18.0 Å². The number of ether oxygens (including phenoxy) is 1. The lowest BCUT2D eigenvalue weighted by Crippen LogP contribution is -2.54. The Morgan fingerprint density at radius 1 is 1.15 bits per heavy atom. The van der Waals surface area contributed by atoms with Crippen LogP contribution in [-0.2, 0) is 22.3 Å². The molecule has 6 rings (SSSR count). The van der Waals surface area contributed by atoms with Crippen LogP contribution < -0.4 is 4.90 Å². The first kappa shape index (κ1) is 27.6. The van der Waals surface area contributed by atoms with E-state index in [1.807, 2.05) is 30.0 Å². The van der Waals surface area contributed by atoms with Crippen molar-refractivity contribution in [3.8, 4) is 11.5 Å². The van der Waals surface area contributed by atoms with Crippen LogP contribution in [0.3, 0.4) is 0 Å². The first-order chi connectivity index (χ1) is 19.6. The van der Waals surface area contributed by atoms with Crippen molar-refractivity contribution < 1.29 is 22.7 Å². The number of aromatic amines is 1. The third-order valence-electron chi connectivity index (χ3n) is 7.76. The molecule has 3 aromatic heterocycles. The van der Waals surface area contributed by atoms with E-state index in [-0.39, 0.29) is 24.2 Å². The maximum atomic E-state index is 13.8. The summed E-state index contributed by atoms with van der Waals surface area (Å²) in [6, 6.07) is 5.74. The quantitative estimate of drug-likeness (QED) is 0.365. The predicted octanol–water partition coefficient (Wildman–Crippen LogP) is 4.54. The van der Waals surface area contributed by atoms with Gasteiger partial charge in [-0.1, -0.05) is 17.4 Å².